The molecule has 1 N–H and O–H groups in total. The summed E-state index contributed by atoms with van der Waals surface area (Å²) < 4.78 is 10.3. The molecule has 0 aliphatic rings. The molecule has 0 aliphatic heterocycles. The van der Waals surface area contributed by atoms with Crippen molar-refractivity contribution in [3.63, 3.8) is 0 Å². The van der Waals surface area contributed by atoms with Crippen LogP contribution >= 0.6 is 0 Å². The van der Waals surface area contributed by atoms with E-state index < -0.39 is 0 Å². The first-order valence-corrected chi connectivity index (χ1v) is 4.50. The van der Waals surface area contributed by atoms with Gasteiger partial charge in [0.1, 0.15) is 0 Å². The van der Waals surface area contributed by atoms with Crippen molar-refractivity contribution < 1.29 is 14.6 Å². The highest BCUT2D eigenvalue weighted by atomic mass is 16.5. The molecule has 3 nitrogen and oxygen atoms in total. The van der Waals surface area contributed by atoms with E-state index in [1.807, 2.05) is 0 Å². The topological polar surface area (TPSA) is 38.7 Å². The van der Waals surface area contributed by atoms with Crippen LogP contribution in [0.15, 0.2) is 18.2 Å². The fraction of sp³-hybridized carbons (Fsp3) is 0.364. The minimum Gasteiger partial charge on any atom is -0.504 e. The van der Waals surface area contributed by atoms with E-state index in [2.05, 4.69) is 6.92 Å². The summed E-state index contributed by atoms with van der Waals surface area (Å²) in [6.07, 6.45) is 0.759. The molecule has 0 fully saturated rings. The number of phenolic OH excluding ortho intramolecular Hbond substituents is 1. The predicted octanol–water partition coefficient (Wildman–Crippen LogP) is 2.14. The van der Waals surface area contributed by atoms with Gasteiger partial charge in [-0.3, -0.25) is 0 Å². The van der Waals surface area contributed by atoms with Gasteiger partial charge in [0.15, 0.2) is 11.5 Å². The Bertz CT molecular complexity index is 284. The van der Waals surface area contributed by atoms with E-state index in [0.29, 0.717) is 19.0 Å². The summed E-state index contributed by atoms with van der Waals surface area (Å²) in [4.78, 5) is 0. The van der Waals surface area contributed by atoms with Gasteiger partial charge >= 0.3 is 0 Å². The van der Waals surface area contributed by atoms with E-state index in [-0.39, 0.29) is 5.75 Å². The van der Waals surface area contributed by atoms with Crippen LogP contribution in [0.1, 0.15) is 12.0 Å². The lowest BCUT2D eigenvalue weighted by Gasteiger charge is -2.06. The van der Waals surface area contributed by atoms with E-state index in [0.717, 1.165) is 12.0 Å². The fourth-order valence-electron chi connectivity index (χ4n) is 1.10. The molecule has 0 aliphatic carbocycles. The Kier molecular flexibility index (Phi) is 4.26. The number of hydrogen-bond acceptors (Lipinski definition) is 3. The number of rotatable bonds is 5. The van der Waals surface area contributed by atoms with Crippen LogP contribution in [-0.2, 0) is 11.3 Å². The van der Waals surface area contributed by atoms with Crippen LogP contribution in [0, 0.1) is 6.92 Å². The van der Waals surface area contributed by atoms with Crippen LogP contribution in [0.25, 0.3) is 0 Å². The zero-order valence-corrected chi connectivity index (χ0v) is 8.32. The van der Waals surface area contributed by atoms with E-state index in [1.165, 1.54) is 7.11 Å². The van der Waals surface area contributed by atoms with Crippen molar-refractivity contribution in [2.45, 2.75) is 13.0 Å². The van der Waals surface area contributed by atoms with Crippen molar-refractivity contribution >= 4 is 0 Å². The van der Waals surface area contributed by atoms with Crippen LogP contribution in [0.4, 0.5) is 0 Å². The summed E-state index contributed by atoms with van der Waals surface area (Å²) in [7, 11) is 1.52. The molecular formula is C11H15O3. The van der Waals surface area contributed by atoms with Gasteiger partial charge in [0.2, 0.25) is 0 Å². The molecule has 0 amide bonds. The summed E-state index contributed by atoms with van der Waals surface area (Å²) in [6.45, 7) is 4.84. The Morgan fingerprint density at radius 3 is 2.86 bits per heavy atom. The summed E-state index contributed by atoms with van der Waals surface area (Å²) in [6, 6.07) is 5.17. The van der Waals surface area contributed by atoms with Gasteiger partial charge < -0.3 is 14.6 Å². The molecule has 0 atom stereocenters. The van der Waals surface area contributed by atoms with Crippen LogP contribution in [0.2, 0.25) is 0 Å². The van der Waals surface area contributed by atoms with Gasteiger partial charge in [-0.15, -0.1) is 0 Å². The van der Waals surface area contributed by atoms with E-state index in [9.17, 15) is 5.11 Å². The molecule has 77 valence electrons. The van der Waals surface area contributed by atoms with Gasteiger partial charge in [-0.1, -0.05) is 13.0 Å². The highest BCUT2D eigenvalue weighted by Crippen LogP contribution is 2.26. The van der Waals surface area contributed by atoms with Gasteiger partial charge in [0.05, 0.1) is 13.7 Å². The molecule has 1 aromatic carbocycles. The molecule has 0 saturated carbocycles. The average molecular weight is 195 g/mol. The quantitative estimate of drug-likeness (QED) is 0.731. The molecule has 1 rings (SSSR count). The molecule has 1 radical (unpaired) electrons. The van der Waals surface area contributed by atoms with Crippen molar-refractivity contribution in [1.82, 2.24) is 0 Å². The average Bonchev–Trinajstić information content (AvgIpc) is 2.21. The van der Waals surface area contributed by atoms with Crippen molar-refractivity contribution in [3.05, 3.63) is 30.7 Å². The predicted molar refractivity (Wildman–Crippen MR) is 54.3 cm³/mol. The third-order valence-electron chi connectivity index (χ3n) is 1.80. The van der Waals surface area contributed by atoms with Crippen LogP contribution in [0.5, 0.6) is 11.5 Å². The fourth-order valence-corrected chi connectivity index (χ4v) is 1.10. The van der Waals surface area contributed by atoms with Crippen LogP contribution in [0.3, 0.4) is 0 Å². The van der Waals surface area contributed by atoms with Crippen molar-refractivity contribution in [2.24, 2.45) is 0 Å². The summed E-state index contributed by atoms with van der Waals surface area (Å²) >= 11 is 0. The highest BCUT2D eigenvalue weighted by Gasteiger charge is 2.02. The SMILES string of the molecule is [CH2]CCOCc1ccc(O)c(OC)c1. The Balaban J connectivity index is 2.60. The lowest BCUT2D eigenvalue weighted by molar-refractivity contribution is 0.125. The Morgan fingerprint density at radius 2 is 2.21 bits per heavy atom. The van der Waals surface area contributed by atoms with Gasteiger partial charge in [-0.25, -0.2) is 0 Å². The summed E-state index contributed by atoms with van der Waals surface area (Å²) in [5, 5.41) is 9.33. The maximum absolute atomic E-state index is 9.33. The van der Waals surface area contributed by atoms with Gasteiger partial charge in [-0.05, 0) is 24.1 Å². The monoisotopic (exact) mass is 195 g/mol. The Morgan fingerprint density at radius 1 is 1.43 bits per heavy atom. The first kappa shape index (κ1) is 10.9. The first-order chi connectivity index (χ1) is 6.77. The van der Waals surface area contributed by atoms with Gasteiger partial charge in [0.25, 0.3) is 0 Å². The number of benzene rings is 1. The maximum Gasteiger partial charge on any atom is 0.160 e. The lowest BCUT2D eigenvalue weighted by Crippen LogP contribution is -1.94. The largest absolute Gasteiger partial charge is 0.504 e. The zero-order chi connectivity index (χ0) is 10.4. The second kappa shape index (κ2) is 5.50. The Labute approximate surface area is 84.3 Å². The van der Waals surface area contributed by atoms with Gasteiger partial charge in [0, 0.05) is 6.61 Å². The number of phenols is 1. The number of ether oxygens (including phenoxy) is 2. The van der Waals surface area contributed by atoms with Crippen LogP contribution < -0.4 is 4.74 Å². The molecule has 1 aromatic rings. The highest BCUT2D eigenvalue weighted by molar-refractivity contribution is 5.41. The third-order valence-corrected chi connectivity index (χ3v) is 1.80. The molecule has 14 heavy (non-hydrogen) atoms. The summed E-state index contributed by atoms with van der Waals surface area (Å²) in [5.41, 5.74) is 0.980. The van der Waals surface area contributed by atoms with Crippen molar-refractivity contribution in [3.8, 4) is 11.5 Å². The maximum atomic E-state index is 9.33. The first-order valence-electron chi connectivity index (χ1n) is 4.50. The lowest BCUT2D eigenvalue weighted by atomic mass is 10.2. The molecule has 0 bridgehead atoms. The molecule has 0 spiro atoms. The standard InChI is InChI=1S/C11H15O3/c1-3-6-14-8-9-4-5-10(12)11(7-9)13-2/h4-5,7,12H,1,3,6,8H2,2H3. The van der Waals surface area contributed by atoms with Crippen molar-refractivity contribution in [1.29, 1.82) is 0 Å². The molecular weight excluding hydrogens is 180 g/mol. The second-order valence-electron chi connectivity index (χ2n) is 2.91. The minimum atomic E-state index is 0.147. The molecule has 0 heterocycles. The van der Waals surface area contributed by atoms with E-state index in [4.69, 9.17) is 9.47 Å². The number of methoxy groups -OCH3 is 1. The third kappa shape index (κ3) is 2.92. The molecule has 0 unspecified atom stereocenters. The smallest absolute Gasteiger partial charge is 0.160 e. The van der Waals surface area contributed by atoms with Crippen molar-refractivity contribution in [2.75, 3.05) is 13.7 Å². The van der Waals surface area contributed by atoms with E-state index in [1.54, 1.807) is 18.2 Å². The number of hydrogen-bond donors (Lipinski definition) is 1. The van der Waals surface area contributed by atoms with Crippen LogP contribution in [-0.4, -0.2) is 18.8 Å². The number of aromatic hydroxyl groups is 1. The Hall–Kier alpha value is -1.22. The summed E-state index contributed by atoms with van der Waals surface area (Å²) in [5.74, 6) is 0.620. The molecule has 0 saturated heterocycles. The van der Waals surface area contributed by atoms with Gasteiger partial charge in [-0.2, -0.15) is 0 Å². The van der Waals surface area contributed by atoms with E-state index >= 15 is 0 Å². The minimum absolute atomic E-state index is 0.147. The zero-order valence-electron chi connectivity index (χ0n) is 8.32. The second-order valence-corrected chi connectivity index (χ2v) is 2.91. The molecule has 0 aromatic heterocycles. The normalized spacial score (nSPS) is 10.1. The molecule has 3 heteroatoms.